The molecule has 76 valence electrons. The Hall–Kier alpha value is 0.810. The van der Waals surface area contributed by atoms with E-state index in [4.69, 9.17) is 4.55 Å². The van der Waals surface area contributed by atoms with Crippen LogP contribution in [-0.2, 0) is 24.2 Å². The Kier molecular flexibility index (Phi) is 12.5. The molecule has 1 atom stereocenters. The predicted octanol–water partition coefficient (Wildman–Crippen LogP) is -9.93. The van der Waals surface area contributed by atoms with Gasteiger partial charge in [-0.3, -0.25) is 4.55 Å². The first-order valence-electron chi connectivity index (χ1n) is 2.79. The minimum absolute atomic E-state index is 0. The molecule has 8 nitrogen and oxygen atoms in total. The molecule has 0 saturated carbocycles. The van der Waals surface area contributed by atoms with Crippen LogP contribution in [0, 0.1) is 0 Å². The van der Waals surface area contributed by atoms with E-state index < -0.39 is 34.9 Å². The zero-order valence-electron chi connectivity index (χ0n) is 8.00. The Morgan fingerprint density at radius 1 is 1.27 bits per heavy atom. The van der Waals surface area contributed by atoms with Crippen molar-refractivity contribution in [2.24, 2.45) is 0 Å². The van der Waals surface area contributed by atoms with Gasteiger partial charge < -0.3 is 19.8 Å². The van der Waals surface area contributed by atoms with Crippen molar-refractivity contribution < 1.29 is 96.1 Å². The summed E-state index contributed by atoms with van der Waals surface area (Å²) in [6.45, 7) is 0. The van der Waals surface area contributed by atoms with Gasteiger partial charge in [0, 0.05) is 12.4 Å². The Balaban J connectivity index is -0.000000720. The summed E-state index contributed by atoms with van der Waals surface area (Å²) in [6.07, 6.45) is -3.53. The average molecular weight is 258 g/mol. The van der Waals surface area contributed by atoms with Gasteiger partial charge in [0.1, 0.15) is 6.10 Å². The molecule has 0 fully saturated rings. The second-order valence-corrected chi connectivity index (χ2v) is 2.96. The third-order valence-corrected chi connectivity index (χ3v) is 1.33. The van der Waals surface area contributed by atoms with E-state index in [9.17, 15) is 28.2 Å². The molecule has 0 aliphatic heterocycles. The fourth-order valence-electron chi connectivity index (χ4n) is 0.455. The first-order valence-corrected chi connectivity index (χ1v) is 4.15. The molecule has 0 aromatic heterocycles. The van der Waals surface area contributed by atoms with Crippen molar-refractivity contribution in [2.45, 2.75) is 12.5 Å². The molecule has 0 spiro atoms. The first-order chi connectivity index (χ1) is 5.72. The number of carbonyl (C=O) groups is 2. The maximum atomic E-state index is 10.0. The van der Waals surface area contributed by atoms with Crippen molar-refractivity contribution in [2.75, 3.05) is 0 Å². The Labute approximate surface area is 130 Å². The number of rotatable bonds is 5. The number of carboxylic acid groups (broad SMARTS) is 2. The summed E-state index contributed by atoms with van der Waals surface area (Å²) in [4.78, 5) is 19.9. The van der Waals surface area contributed by atoms with Crippen LogP contribution in [0.15, 0.2) is 0 Å². The van der Waals surface area contributed by atoms with Crippen LogP contribution in [0.3, 0.4) is 0 Å². The van der Waals surface area contributed by atoms with Crippen LogP contribution in [0.25, 0.3) is 0 Å². The molecule has 0 heterocycles. The maximum Gasteiger partial charge on any atom is 1.00 e. The van der Waals surface area contributed by atoms with Crippen LogP contribution in [-0.4, -0.2) is 31.0 Å². The molecule has 0 aromatic carbocycles. The molecule has 0 aliphatic carbocycles. The van der Waals surface area contributed by atoms with Crippen LogP contribution < -0.4 is 69.3 Å². The van der Waals surface area contributed by atoms with Gasteiger partial charge in [-0.05, 0) is 0 Å². The summed E-state index contributed by atoms with van der Waals surface area (Å²) in [5.74, 6) is -3.93. The molecule has 0 aliphatic rings. The SMILES string of the molecule is O=C([O-])CC(OS(=O)(=O)O)C(=O)[O-].[Na+].[Na+]. The molecule has 0 bridgehead atoms. The van der Waals surface area contributed by atoms with Crippen molar-refractivity contribution in [1.29, 1.82) is 0 Å². The summed E-state index contributed by atoms with van der Waals surface area (Å²) in [5.41, 5.74) is 0. The molecular weight excluding hydrogens is 254 g/mol. The third-order valence-electron chi connectivity index (χ3n) is 0.853. The number of carboxylic acids is 2. The zero-order chi connectivity index (χ0) is 10.6. The van der Waals surface area contributed by atoms with E-state index in [1.165, 1.54) is 0 Å². The van der Waals surface area contributed by atoms with Gasteiger partial charge in [0.25, 0.3) is 0 Å². The second kappa shape index (κ2) is 8.90. The van der Waals surface area contributed by atoms with Crippen LogP contribution in [0.2, 0.25) is 0 Å². The number of hydrogen-bond donors (Lipinski definition) is 1. The molecule has 0 aromatic rings. The van der Waals surface area contributed by atoms with Crippen LogP contribution >= 0.6 is 0 Å². The zero-order valence-corrected chi connectivity index (χ0v) is 12.8. The van der Waals surface area contributed by atoms with Crippen LogP contribution in [0.5, 0.6) is 0 Å². The maximum absolute atomic E-state index is 10.0. The molecule has 0 amide bonds. The average Bonchev–Trinajstić information content (AvgIpc) is 1.81. The van der Waals surface area contributed by atoms with Gasteiger partial charge in [-0.2, -0.15) is 8.42 Å². The van der Waals surface area contributed by atoms with Crippen molar-refractivity contribution in [3.05, 3.63) is 0 Å². The van der Waals surface area contributed by atoms with Gasteiger partial charge in [0.05, 0.1) is 5.97 Å². The molecule has 11 heteroatoms. The van der Waals surface area contributed by atoms with E-state index in [1.807, 2.05) is 0 Å². The standard InChI is InChI=1S/C4H6O8S.2Na/c5-3(6)1-2(4(7)8)12-13(9,10)11;;/h2H,1H2,(H,5,6)(H,7,8)(H,9,10,11);;/q;2*+1/p-2. The van der Waals surface area contributed by atoms with Crippen LogP contribution in [0.4, 0.5) is 0 Å². The van der Waals surface area contributed by atoms with Crippen molar-refractivity contribution in [3.63, 3.8) is 0 Å². The monoisotopic (exact) mass is 258 g/mol. The van der Waals surface area contributed by atoms with E-state index in [0.29, 0.717) is 0 Å². The van der Waals surface area contributed by atoms with Crippen LogP contribution in [0.1, 0.15) is 6.42 Å². The third kappa shape index (κ3) is 12.7. The van der Waals surface area contributed by atoms with E-state index in [0.717, 1.165) is 0 Å². The molecule has 0 saturated heterocycles. The molecule has 15 heavy (non-hydrogen) atoms. The topological polar surface area (TPSA) is 144 Å². The quantitative estimate of drug-likeness (QED) is 0.378. The van der Waals surface area contributed by atoms with Gasteiger partial charge >= 0.3 is 69.5 Å². The van der Waals surface area contributed by atoms with Gasteiger partial charge in [-0.1, -0.05) is 0 Å². The fourth-order valence-corrected chi connectivity index (χ4v) is 0.895. The summed E-state index contributed by atoms with van der Waals surface area (Å²) in [5, 5.41) is 19.9. The number of carbonyl (C=O) groups excluding carboxylic acids is 2. The number of aliphatic carboxylic acids is 2. The summed E-state index contributed by atoms with van der Waals surface area (Å²) in [6, 6.07) is 0. The predicted molar refractivity (Wildman–Crippen MR) is 31.1 cm³/mol. The van der Waals surface area contributed by atoms with Crippen molar-refractivity contribution >= 4 is 22.3 Å². The summed E-state index contributed by atoms with van der Waals surface area (Å²) < 4.78 is 31.4. The molecule has 1 unspecified atom stereocenters. The summed E-state index contributed by atoms with van der Waals surface area (Å²) in [7, 11) is -5.03. The van der Waals surface area contributed by atoms with Crippen molar-refractivity contribution in [3.8, 4) is 0 Å². The van der Waals surface area contributed by atoms with Crippen molar-refractivity contribution in [1.82, 2.24) is 0 Å². The smallest absolute Gasteiger partial charge is 0.550 e. The fraction of sp³-hybridized carbons (Fsp3) is 0.500. The number of hydrogen-bond acceptors (Lipinski definition) is 7. The second-order valence-electron chi connectivity index (χ2n) is 1.91. The molecular formula is C4H4Na2O8S. The minimum Gasteiger partial charge on any atom is -0.550 e. The van der Waals surface area contributed by atoms with Gasteiger partial charge in [0.2, 0.25) is 0 Å². The van der Waals surface area contributed by atoms with Gasteiger partial charge in [-0.15, -0.1) is 0 Å². The van der Waals surface area contributed by atoms with E-state index in [2.05, 4.69) is 4.18 Å². The van der Waals surface area contributed by atoms with Gasteiger partial charge in [0.15, 0.2) is 0 Å². The largest absolute Gasteiger partial charge is 1.00 e. The Bertz CT molecular complexity index is 311. The Morgan fingerprint density at radius 2 is 1.67 bits per heavy atom. The van der Waals surface area contributed by atoms with E-state index in [1.54, 1.807) is 0 Å². The van der Waals surface area contributed by atoms with Gasteiger partial charge in [-0.25, -0.2) is 4.18 Å². The molecule has 1 N–H and O–H groups in total. The Morgan fingerprint density at radius 3 is 1.87 bits per heavy atom. The first kappa shape index (κ1) is 21.1. The molecule has 0 radical (unpaired) electrons. The molecule has 0 rings (SSSR count). The van der Waals surface area contributed by atoms with E-state index in [-0.39, 0.29) is 59.1 Å². The van der Waals surface area contributed by atoms with E-state index >= 15 is 0 Å². The summed E-state index contributed by atoms with van der Waals surface area (Å²) >= 11 is 0. The minimum atomic E-state index is -5.03. The normalized spacial score (nSPS) is 11.8.